The fraction of sp³-hybridized carbons (Fsp3) is 0.571. The van der Waals surface area contributed by atoms with Gasteiger partial charge in [-0.1, -0.05) is 13.0 Å². The second-order valence-electron chi connectivity index (χ2n) is 4.33. The summed E-state index contributed by atoms with van der Waals surface area (Å²) in [6.45, 7) is 5.25. The Labute approximate surface area is 112 Å². The van der Waals surface area contributed by atoms with Gasteiger partial charge in [0.25, 0.3) is 0 Å². The maximum Gasteiger partial charge on any atom is 0.120 e. The minimum absolute atomic E-state index is 0.498. The summed E-state index contributed by atoms with van der Waals surface area (Å²) in [5.41, 5.74) is 0. The van der Waals surface area contributed by atoms with Gasteiger partial charge in [-0.15, -0.1) is 0 Å². The summed E-state index contributed by atoms with van der Waals surface area (Å²) in [5.74, 6) is 1.48. The molecule has 0 aliphatic carbocycles. The van der Waals surface area contributed by atoms with Crippen LogP contribution in [0.2, 0.25) is 0 Å². The number of ether oxygens (including phenoxy) is 1. The minimum Gasteiger partial charge on any atom is -0.497 e. The summed E-state index contributed by atoms with van der Waals surface area (Å²) >= 11 is 0. The van der Waals surface area contributed by atoms with Gasteiger partial charge in [0.15, 0.2) is 0 Å². The van der Waals surface area contributed by atoms with E-state index in [1.165, 1.54) is 0 Å². The van der Waals surface area contributed by atoms with Gasteiger partial charge in [-0.25, -0.2) is 0 Å². The molecule has 0 aliphatic rings. The van der Waals surface area contributed by atoms with Gasteiger partial charge in [0.05, 0.1) is 17.9 Å². The van der Waals surface area contributed by atoms with Gasteiger partial charge in [0, 0.05) is 16.7 Å². The molecular weight excluding hydrogens is 246 g/mol. The maximum atomic E-state index is 12.1. The molecule has 1 aromatic carbocycles. The number of methoxy groups -OCH3 is 1. The summed E-state index contributed by atoms with van der Waals surface area (Å²) in [6.07, 6.45) is 2.03. The second-order valence-corrected chi connectivity index (χ2v) is 5.90. The average Bonchev–Trinajstić information content (AvgIpc) is 2.39. The molecule has 0 fully saturated rings. The molecular formula is C14H23NO2S. The summed E-state index contributed by atoms with van der Waals surface area (Å²) in [6, 6.07) is 7.99. The van der Waals surface area contributed by atoms with E-state index in [4.69, 9.17) is 4.74 Å². The second kappa shape index (κ2) is 8.27. The SMILES string of the molecule is CCNC(C)CCCS(=O)c1cccc(OC)c1. The van der Waals surface area contributed by atoms with Crippen molar-refractivity contribution in [2.24, 2.45) is 0 Å². The zero-order valence-electron chi connectivity index (χ0n) is 11.4. The van der Waals surface area contributed by atoms with E-state index in [0.717, 1.165) is 30.0 Å². The van der Waals surface area contributed by atoms with E-state index in [1.807, 2.05) is 24.3 Å². The molecule has 0 heterocycles. The molecule has 0 aliphatic heterocycles. The van der Waals surface area contributed by atoms with Crippen LogP contribution in [0.5, 0.6) is 5.75 Å². The van der Waals surface area contributed by atoms with Crippen LogP contribution in [0.15, 0.2) is 29.2 Å². The van der Waals surface area contributed by atoms with Crippen LogP contribution < -0.4 is 10.1 Å². The monoisotopic (exact) mass is 269 g/mol. The summed E-state index contributed by atoms with van der Waals surface area (Å²) in [4.78, 5) is 0.852. The van der Waals surface area contributed by atoms with Crippen molar-refractivity contribution in [3.8, 4) is 5.75 Å². The minimum atomic E-state index is -0.923. The number of benzene rings is 1. The Morgan fingerprint density at radius 2 is 2.22 bits per heavy atom. The molecule has 2 atom stereocenters. The third kappa shape index (κ3) is 5.19. The lowest BCUT2D eigenvalue weighted by Gasteiger charge is -2.11. The van der Waals surface area contributed by atoms with Crippen molar-refractivity contribution in [1.29, 1.82) is 0 Å². The summed E-state index contributed by atoms with van der Waals surface area (Å²) in [5, 5.41) is 3.36. The van der Waals surface area contributed by atoms with Gasteiger partial charge in [0.2, 0.25) is 0 Å². The average molecular weight is 269 g/mol. The van der Waals surface area contributed by atoms with Crippen LogP contribution >= 0.6 is 0 Å². The lowest BCUT2D eigenvalue weighted by Crippen LogP contribution is -2.25. The fourth-order valence-corrected chi connectivity index (χ4v) is 2.97. The Morgan fingerprint density at radius 1 is 1.44 bits per heavy atom. The van der Waals surface area contributed by atoms with Gasteiger partial charge in [0.1, 0.15) is 5.75 Å². The number of hydrogen-bond acceptors (Lipinski definition) is 3. The van der Waals surface area contributed by atoms with Crippen molar-refractivity contribution in [2.75, 3.05) is 19.4 Å². The largest absolute Gasteiger partial charge is 0.497 e. The summed E-state index contributed by atoms with van der Waals surface area (Å²) in [7, 11) is 0.702. The molecule has 0 bridgehead atoms. The molecule has 1 aromatic rings. The molecule has 1 N–H and O–H groups in total. The predicted octanol–water partition coefficient (Wildman–Crippen LogP) is 2.58. The van der Waals surface area contributed by atoms with Crippen molar-refractivity contribution in [2.45, 2.75) is 37.6 Å². The van der Waals surface area contributed by atoms with E-state index in [9.17, 15) is 4.21 Å². The quantitative estimate of drug-likeness (QED) is 0.788. The van der Waals surface area contributed by atoms with E-state index < -0.39 is 10.8 Å². The molecule has 0 saturated heterocycles. The lowest BCUT2D eigenvalue weighted by molar-refractivity contribution is 0.413. The fourth-order valence-electron chi connectivity index (χ4n) is 1.83. The van der Waals surface area contributed by atoms with Gasteiger partial charge in [-0.3, -0.25) is 4.21 Å². The van der Waals surface area contributed by atoms with Gasteiger partial charge < -0.3 is 10.1 Å². The van der Waals surface area contributed by atoms with Crippen molar-refractivity contribution >= 4 is 10.8 Å². The predicted molar refractivity (Wildman–Crippen MR) is 76.6 cm³/mol. The molecule has 1 rings (SSSR count). The van der Waals surface area contributed by atoms with E-state index >= 15 is 0 Å². The van der Waals surface area contributed by atoms with Crippen molar-refractivity contribution in [3.63, 3.8) is 0 Å². The van der Waals surface area contributed by atoms with Crippen LogP contribution in [0.3, 0.4) is 0 Å². The van der Waals surface area contributed by atoms with Crippen molar-refractivity contribution in [1.82, 2.24) is 5.32 Å². The van der Waals surface area contributed by atoms with Crippen molar-refractivity contribution in [3.05, 3.63) is 24.3 Å². The number of nitrogens with one attached hydrogen (secondary N) is 1. The molecule has 0 radical (unpaired) electrons. The highest BCUT2D eigenvalue weighted by Crippen LogP contribution is 2.16. The van der Waals surface area contributed by atoms with Crippen LogP contribution in [0, 0.1) is 0 Å². The zero-order chi connectivity index (χ0) is 13.4. The van der Waals surface area contributed by atoms with Crippen LogP contribution in [0.25, 0.3) is 0 Å². The Balaban J connectivity index is 2.40. The Kier molecular flexibility index (Phi) is 6.98. The first-order chi connectivity index (χ1) is 8.67. The van der Waals surface area contributed by atoms with Crippen LogP contribution in [-0.2, 0) is 10.8 Å². The van der Waals surface area contributed by atoms with Crippen LogP contribution in [0.4, 0.5) is 0 Å². The molecule has 0 aromatic heterocycles. The molecule has 0 amide bonds. The molecule has 0 saturated carbocycles. The zero-order valence-corrected chi connectivity index (χ0v) is 12.3. The van der Waals surface area contributed by atoms with E-state index in [0.29, 0.717) is 11.8 Å². The summed E-state index contributed by atoms with van der Waals surface area (Å²) < 4.78 is 17.2. The van der Waals surface area contributed by atoms with Crippen LogP contribution in [-0.4, -0.2) is 29.7 Å². The topological polar surface area (TPSA) is 38.3 Å². The van der Waals surface area contributed by atoms with E-state index in [-0.39, 0.29) is 0 Å². The highest BCUT2D eigenvalue weighted by atomic mass is 32.2. The van der Waals surface area contributed by atoms with E-state index in [1.54, 1.807) is 7.11 Å². The molecule has 102 valence electrons. The van der Waals surface area contributed by atoms with Crippen molar-refractivity contribution < 1.29 is 8.95 Å². The third-order valence-electron chi connectivity index (χ3n) is 2.82. The Bertz CT molecular complexity index is 382. The van der Waals surface area contributed by atoms with Crippen LogP contribution in [0.1, 0.15) is 26.7 Å². The molecule has 3 nitrogen and oxygen atoms in total. The highest BCUT2D eigenvalue weighted by Gasteiger charge is 2.06. The maximum absolute atomic E-state index is 12.1. The smallest absolute Gasteiger partial charge is 0.120 e. The highest BCUT2D eigenvalue weighted by molar-refractivity contribution is 7.85. The van der Waals surface area contributed by atoms with Gasteiger partial charge in [-0.05, 0) is 44.5 Å². The standard InChI is InChI=1S/C14H23NO2S/c1-4-15-12(2)7-6-10-18(16)14-9-5-8-13(11-14)17-3/h5,8-9,11-12,15H,4,6-7,10H2,1-3H3. The third-order valence-corrected chi connectivity index (χ3v) is 4.26. The first-order valence-electron chi connectivity index (χ1n) is 6.43. The molecule has 4 heteroatoms. The Morgan fingerprint density at radius 3 is 2.89 bits per heavy atom. The van der Waals surface area contributed by atoms with E-state index in [2.05, 4.69) is 19.2 Å². The first kappa shape index (κ1) is 15.2. The Hall–Kier alpha value is -0.870. The number of hydrogen-bond donors (Lipinski definition) is 1. The molecule has 18 heavy (non-hydrogen) atoms. The molecule has 0 spiro atoms. The number of rotatable bonds is 8. The molecule has 2 unspecified atom stereocenters. The lowest BCUT2D eigenvalue weighted by atomic mass is 10.2. The van der Waals surface area contributed by atoms with Gasteiger partial charge >= 0.3 is 0 Å². The normalized spacial score (nSPS) is 14.2. The first-order valence-corrected chi connectivity index (χ1v) is 7.75. The van der Waals surface area contributed by atoms with Gasteiger partial charge in [-0.2, -0.15) is 0 Å².